The third kappa shape index (κ3) is 3.74. The molecule has 0 bridgehead atoms. The van der Waals surface area contributed by atoms with E-state index in [0.29, 0.717) is 11.4 Å². The van der Waals surface area contributed by atoms with Crippen molar-refractivity contribution < 1.29 is 4.39 Å². The highest BCUT2D eigenvalue weighted by Gasteiger charge is 2.20. The van der Waals surface area contributed by atoms with Crippen molar-refractivity contribution in [1.82, 2.24) is 29.2 Å². The zero-order valence-corrected chi connectivity index (χ0v) is 15.8. The molecule has 0 N–H and O–H groups in total. The molecule has 0 radical (unpaired) electrons. The van der Waals surface area contributed by atoms with E-state index in [9.17, 15) is 4.39 Å². The quantitative estimate of drug-likeness (QED) is 0.643. The number of hydrogen-bond acceptors (Lipinski definition) is 6. The van der Waals surface area contributed by atoms with Gasteiger partial charge in [-0.25, -0.2) is 19.0 Å². The second kappa shape index (κ2) is 7.53. The number of aromatic nitrogens is 5. The first-order chi connectivity index (χ1) is 13.1. The molecular formula is C18H20FN7S. The highest BCUT2D eigenvalue weighted by Crippen LogP contribution is 2.18. The summed E-state index contributed by atoms with van der Waals surface area (Å²) in [7, 11) is 1.88. The Balaban J connectivity index is 1.45. The van der Waals surface area contributed by atoms with Gasteiger partial charge in [0, 0.05) is 51.2 Å². The second-order valence-corrected chi connectivity index (χ2v) is 6.83. The molecule has 0 amide bonds. The number of anilines is 1. The molecule has 0 spiro atoms. The van der Waals surface area contributed by atoms with Crippen LogP contribution < -0.4 is 4.90 Å². The van der Waals surface area contributed by atoms with Gasteiger partial charge in [-0.15, -0.1) is 0 Å². The predicted octanol–water partition coefficient (Wildman–Crippen LogP) is 2.33. The van der Waals surface area contributed by atoms with Gasteiger partial charge in [-0.1, -0.05) is 0 Å². The molecule has 0 atom stereocenters. The average molecular weight is 385 g/mol. The summed E-state index contributed by atoms with van der Waals surface area (Å²) in [5, 5.41) is 4.65. The molecular weight excluding hydrogens is 365 g/mol. The highest BCUT2D eigenvalue weighted by atomic mass is 32.1. The standard InChI is InChI=1S/C18H20FN7S/c1-23-16(14-3-5-15(19)6-4-14)22-26(18(23)27)13-24-9-11-25(12-10-24)17-20-7-2-8-21-17/h2-8H,9-13H2,1H3. The zero-order chi connectivity index (χ0) is 18.8. The largest absolute Gasteiger partial charge is 0.338 e. The van der Waals surface area contributed by atoms with E-state index in [0.717, 1.165) is 43.5 Å². The van der Waals surface area contributed by atoms with Crippen molar-refractivity contribution in [3.63, 3.8) is 0 Å². The minimum absolute atomic E-state index is 0.264. The lowest BCUT2D eigenvalue weighted by molar-refractivity contribution is 0.193. The maximum atomic E-state index is 13.2. The van der Waals surface area contributed by atoms with Gasteiger partial charge in [0.15, 0.2) is 10.6 Å². The van der Waals surface area contributed by atoms with Crippen LogP contribution in [-0.4, -0.2) is 55.4 Å². The Kier molecular flexibility index (Phi) is 4.95. The number of nitrogens with zero attached hydrogens (tertiary/aromatic N) is 7. The predicted molar refractivity (Wildman–Crippen MR) is 103 cm³/mol. The molecule has 3 aromatic rings. The van der Waals surface area contributed by atoms with Crippen LogP contribution in [-0.2, 0) is 13.7 Å². The Morgan fingerprint density at radius 2 is 1.70 bits per heavy atom. The van der Waals surface area contributed by atoms with Crippen molar-refractivity contribution in [2.24, 2.45) is 7.05 Å². The lowest BCUT2D eigenvalue weighted by atomic mass is 10.2. The van der Waals surface area contributed by atoms with Gasteiger partial charge in [0.25, 0.3) is 0 Å². The number of hydrogen-bond donors (Lipinski definition) is 0. The molecule has 4 rings (SSSR count). The van der Waals surface area contributed by atoms with E-state index < -0.39 is 0 Å². The maximum Gasteiger partial charge on any atom is 0.225 e. The Hall–Kier alpha value is -2.65. The van der Waals surface area contributed by atoms with Crippen molar-refractivity contribution in [2.75, 3.05) is 31.1 Å². The molecule has 0 saturated carbocycles. The normalized spacial score (nSPS) is 15.3. The number of rotatable bonds is 4. The molecule has 0 aliphatic carbocycles. The molecule has 1 aliphatic heterocycles. The minimum Gasteiger partial charge on any atom is -0.338 e. The molecule has 1 fully saturated rings. The van der Waals surface area contributed by atoms with Crippen LogP contribution >= 0.6 is 12.2 Å². The Morgan fingerprint density at radius 3 is 2.37 bits per heavy atom. The topological polar surface area (TPSA) is 55.0 Å². The maximum absolute atomic E-state index is 13.2. The molecule has 0 unspecified atom stereocenters. The van der Waals surface area contributed by atoms with E-state index >= 15 is 0 Å². The number of benzene rings is 1. The summed E-state index contributed by atoms with van der Waals surface area (Å²) in [6.07, 6.45) is 3.53. The zero-order valence-electron chi connectivity index (χ0n) is 15.0. The van der Waals surface area contributed by atoms with Gasteiger partial charge in [0.2, 0.25) is 5.95 Å². The summed E-state index contributed by atoms with van der Waals surface area (Å²) < 4.78 is 17.5. The van der Waals surface area contributed by atoms with Crippen LogP contribution in [0.15, 0.2) is 42.7 Å². The Labute approximate surface area is 161 Å². The molecule has 9 heteroatoms. The fraction of sp³-hybridized carbons (Fsp3) is 0.333. The number of piperazine rings is 1. The van der Waals surface area contributed by atoms with Gasteiger partial charge < -0.3 is 9.47 Å². The van der Waals surface area contributed by atoms with Gasteiger partial charge in [-0.3, -0.25) is 4.90 Å². The molecule has 3 heterocycles. The molecule has 27 heavy (non-hydrogen) atoms. The van der Waals surface area contributed by atoms with Crippen LogP contribution in [0.4, 0.5) is 10.3 Å². The van der Waals surface area contributed by atoms with Crippen LogP contribution in [0.5, 0.6) is 0 Å². The van der Waals surface area contributed by atoms with Crippen LogP contribution in [0.2, 0.25) is 0 Å². The van der Waals surface area contributed by atoms with Gasteiger partial charge >= 0.3 is 0 Å². The van der Waals surface area contributed by atoms with Gasteiger partial charge in [-0.05, 0) is 42.5 Å². The average Bonchev–Trinajstić information content (AvgIpc) is 2.98. The van der Waals surface area contributed by atoms with E-state index in [1.54, 1.807) is 24.5 Å². The fourth-order valence-corrected chi connectivity index (χ4v) is 3.35. The van der Waals surface area contributed by atoms with E-state index in [4.69, 9.17) is 12.2 Å². The van der Waals surface area contributed by atoms with Crippen LogP contribution in [0.1, 0.15) is 0 Å². The summed E-state index contributed by atoms with van der Waals surface area (Å²) in [5.74, 6) is 1.24. The van der Waals surface area contributed by atoms with Gasteiger partial charge in [-0.2, -0.15) is 5.10 Å². The van der Waals surface area contributed by atoms with Crippen LogP contribution in [0.25, 0.3) is 11.4 Å². The minimum atomic E-state index is -0.264. The third-order valence-electron chi connectivity index (χ3n) is 4.68. The van der Waals surface area contributed by atoms with Gasteiger partial charge in [0.05, 0.1) is 6.67 Å². The summed E-state index contributed by atoms with van der Waals surface area (Å²) in [6.45, 7) is 4.09. The first-order valence-corrected chi connectivity index (χ1v) is 9.17. The molecule has 7 nitrogen and oxygen atoms in total. The van der Waals surface area contributed by atoms with Gasteiger partial charge in [0.1, 0.15) is 5.82 Å². The Morgan fingerprint density at radius 1 is 1.04 bits per heavy atom. The second-order valence-electron chi connectivity index (χ2n) is 6.47. The van der Waals surface area contributed by atoms with Crippen LogP contribution in [0, 0.1) is 10.6 Å². The van der Waals surface area contributed by atoms with E-state index in [1.165, 1.54) is 12.1 Å². The SMILES string of the molecule is Cn1c(-c2ccc(F)cc2)nn(CN2CCN(c3ncccn3)CC2)c1=S. The van der Waals surface area contributed by atoms with E-state index in [2.05, 4.69) is 24.9 Å². The third-order valence-corrected chi connectivity index (χ3v) is 5.17. The fourth-order valence-electron chi connectivity index (χ4n) is 3.16. The van der Waals surface area contributed by atoms with Crippen molar-refractivity contribution in [2.45, 2.75) is 6.67 Å². The lowest BCUT2D eigenvalue weighted by Crippen LogP contribution is -2.47. The summed E-state index contributed by atoms with van der Waals surface area (Å²) in [6, 6.07) is 8.12. The van der Waals surface area contributed by atoms with Crippen molar-refractivity contribution >= 4 is 18.2 Å². The van der Waals surface area contributed by atoms with E-state index in [1.807, 2.05) is 22.4 Å². The number of halogens is 1. The van der Waals surface area contributed by atoms with Crippen LogP contribution in [0.3, 0.4) is 0 Å². The monoisotopic (exact) mass is 385 g/mol. The molecule has 2 aromatic heterocycles. The first-order valence-electron chi connectivity index (χ1n) is 8.76. The smallest absolute Gasteiger partial charge is 0.225 e. The highest BCUT2D eigenvalue weighted by molar-refractivity contribution is 7.71. The van der Waals surface area contributed by atoms with Crippen molar-refractivity contribution in [3.8, 4) is 11.4 Å². The molecule has 1 aromatic carbocycles. The van der Waals surface area contributed by atoms with Crippen molar-refractivity contribution in [1.29, 1.82) is 0 Å². The summed E-state index contributed by atoms with van der Waals surface area (Å²) in [5.41, 5.74) is 0.842. The molecule has 140 valence electrons. The molecule has 1 aliphatic rings. The van der Waals surface area contributed by atoms with Crippen molar-refractivity contribution in [3.05, 3.63) is 53.3 Å². The Bertz CT molecular complexity index is 960. The summed E-state index contributed by atoms with van der Waals surface area (Å²) >= 11 is 5.54. The lowest BCUT2D eigenvalue weighted by Gasteiger charge is -2.34. The summed E-state index contributed by atoms with van der Waals surface area (Å²) in [4.78, 5) is 13.1. The van der Waals surface area contributed by atoms with E-state index in [-0.39, 0.29) is 5.82 Å². The first kappa shape index (κ1) is 17.7. The molecule has 1 saturated heterocycles.